The predicted molar refractivity (Wildman–Crippen MR) is 90.0 cm³/mol. The molecule has 0 bridgehead atoms. The lowest BCUT2D eigenvalue weighted by molar-refractivity contribution is -0.144. The standard InChI is InChI=1S/C18H31N3O2/c1-3-16(21-11-5-7-17(21)22)18(23)19-12-8-15(9-13-19)20-10-4-6-14(20)2/h14-16H,3-13H2,1-2H3/t14-,16-/m0/s1. The third-order valence-corrected chi connectivity index (χ3v) is 6.01. The Kier molecular flexibility index (Phi) is 5.24. The molecule has 3 heterocycles. The van der Waals surface area contributed by atoms with Gasteiger partial charge in [-0.25, -0.2) is 0 Å². The molecule has 3 saturated heterocycles. The van der Waals surface area contributed by atoms with E-state index in [9.17, 15) is 9.59 Å². The fraction of sp³-hybridized carbons (Fsp3) is 0.889. The summed E-state index contributed by atoms with van der Waals surface area (Å²) >= 11 is 0. The number of likely N-dealkylation sites (tertiary alicyclic amines) is 3. The van der Waals surface area contributed by atoms with Crippen molar-refractivity contribution in [2.75, 3.05) is 26.2 Å². The lowest BCUT2D eigenvalue weighted by Crippen LogP contribution is -2.53. The van der Waals surface area contributed by atoms with Crippen molar-refractivity contribution in [1.82, 2.24) is 14.7 Å². The van der Waals surface area contributed by atoms with Gasteiger partial charge < -0.3 is 9.80 Å². The number of amides is 2. The average molecular weight is 321 g/mol. The normalized spacial score (nSPS) is 28.6. The zero-order valence-corrected chi connectivity index (χ0v) is 14.7. The van der Waals surface area contributed by atoms with Crippen molar-refractivity contribution >= 4 is 11.8 Å². The van der Waals surface area contributed by atoms with Gasteiger partial charge in [0, 0.05) is 38.1 Å². The summed E-state index contributed by atoms with van der Waals surface area (Å²) in [6.45, 7) is 8.03. The van der Waals surface area contributed by atoms with Crippen LogP contribution in [0.4, 0.5) is 0 Å². The van der Waals surface area contributed by atoms with E-state index in [1.807, 2.05) is 16.7 Å². The summed E-state index contributed by atoms with van der Waals surface area (Å²) in [4.78, 5) is 31.3. The van der Waals surface area contributed by atoms with Crippen molar-refractivity contribution in [3.05, 3.63) is 0 Å². The van der Waals surface area contributed by atoms with Crippen LogP contribution in [0.15, 0.2) is 0 Å². The van der Waals surface area contributed by atoms with Gasteiger partial charge in [-0.2, -0.15) is 0 Å². The zero-order valence-electron chi connectivity index (χ0n) is 14.7. The van der Waals surface area contributed by atoms with Gasteiger partial charge in [0.2, 0.25) is 11.8 Å². The highest BCUT2D eigenvalue weighted by atomic mass is 16.2. The number of rotatable bonds is 4. The van der Waals surface area contributed by atoms with E-state index in [1.165, 1.54) is 19.4 Å². The largest absolute Gasteiger partial charge is 0.341 e. The Hall–Kier alpha value is -1.10. The lowest BCUT2D eigenvalue weighted by Gasteiger charge is -2.40. The fourth-order valence-electron chi connectivity index (χ4n) is 4.65. The molecule has 2 amide bonds. The molecule has 0 saturated carbocycles. The molecule has 5 heteroatoms. The maximum atomic E-state index is 12.9. The Morgan fingerprint density at radius 1 is 1.13 bits per heavy atom. The third kappa shape index (κ3) is 3.39. The molecule has 130 valence electrons. The van der Waals surface area contributed by atoms with Gasteiger partial charge in [-0.1, -0.05) is 6.92 Å². The first-order valence-electron chi connectivity index (χ1n) is 9.45. The predicted octanol–water partition coefficient (Wildman–Crippen LogP) is 1.86. The smallest absolute Gasteiger partial charge is 0.245 e. The minimum Gasteiger partial charge on any atom is -0.341 e. The van der Waals surface area contributed by atoms with Crippen LogP contribution in [0.25, 0.3) is 0 Å². The number of carbonyl (C=O) groups is 2. The zero-order chi connectivity index (χ0) is 16.4. The van der Waals surface area contributed by atoms with Crippen LogP contribution in [0.3, 0.4) is 0 Å². The highest BCUT2D eigenvalue weighted by molar-refractivity contribution is 5.88. The lowest BCUT2D eigenvalue weighted by atomic mass is 10.0. The molecule has 0 aromatic heterocycles. The van der Waals surface area contributed by atoms with E-state index >= 15 is 0 Å². The Morgan fingerprint density at radius 3 is 2.39 bits per heavy atom. The van der Waals surface area contributed by atoms with Gasteiger partial charge in [-0.15, -0.1) is 0 Å². The minimum absolute atomic E-state index is 0.158. The molecule has 23 heavy (non-hydrogen) atoms. The molecule has 3 aliphatic heterocycles. The summed E-state index contributed by atoms with van der Waals surface area (Å²) in [6, 6.07) is 1.12. The van der Waals surface area contributed by atoms with E-state index in [-0.39, 0.29) is 17.9 Å². The van der Waals surface area contributed by atoms with Crippen LogP contribution in [0, 0.1) is 0 Å². The number of carbonyl (C=O) groups excluding carboxylic acids is 2. The van der Waals surface area contributed by atoms with Gasteiger partial charge in [-0.3, -0.25) is 14.5 Å². The Bertz CT molecular complexity index is 446. The van der Waals surface area contributed by atoms with Crippen LogP contribution in [-0.2, 0) is 9.59 Å². The topological polar surface area (TPSA) is 43.9 Å². The van der Waals surface area contributed by atoms with Crippen LogP contribution in [0.1, 0.15) is 58.8 Å². The second kappa shape index (κ2) is 7.20. The van der Waals surface area contributed by atoms with Gasteiger partial charge in [0.05, 0.1) is 0 Å². The Balaban J connectivity index is 1.55. The van der Waals surface area contributed by atoms with E-state index in [1.54, 1.807) is 0 Å². The molecular formula is C18H31N3O2. The molecule has 3 rings (SSSR count). The first-order chi connectivity index (χ1) is 11.1. The van der Waals surface area contributed by atoms with E-state index in [4.69, 9.17) is 0 Å². The van der Waals surface area contributed by atoms with Crippen molar-refractivity contribution in [3.8, 4) is 0 Å². The molecule has 0 aromatic rings. The summed E-state index contributed by atoms with van der Waals surface area (Å²) < 4.78 is 0. The highest BCUT2D eigenvalue weighted by Gasteiger charge is 2.37. The molecular weight excluding hydrogens is 290 g/mol. The summed E-state index contributed by atoms with van der Waals surface area (Å²) in [7, 11) is 0. The quantitative estimate of drug-likeness (QED) is 0.794. The number of hydrogen-bond acceptors (Lipinski definition) is 3. The van der Waals surface area contributed by atoms with Gasteiger partial charge in [0.25, 0.3) is 0 Å². The van der Waals surface area contributed by atoms with E-state index in [2.05, 4.69) is 11.8 Å². The molecule has 0 N–H and O–H groups in total. The molecule has 2 atom stereocenters. The van der Waals surface area contributed by atoms with Crippen LogP contribution < -0.4 is 0 Å². The first kappa shape index (κ1) is 16.7. The molecule has 0 radical (unpaired) electrons. The molecule has 0 unspecified atom stereocenters. The average Bonchev–Trinajstić information content (AvgIpc) is 3.17. The van der Waals surface area contributed by atoms with Gasteiger partial charge in [0.15, 0.2) is 0 Å². The SMILES string of the molecule is CC[C@@H](C(=O)N1CCC(N2CCC[C@@H]2C)CC1)N1CCCC1=O. The van der Waals surface area contributed by atoms with Gasteiger partial charge in [0.1, 0.15) is 6.04 Å². The fourth-order valence-corrected chi connectivity index (χ4v) is 4.65. The number of hydrogen-bond donors (Lipinski definition) is 0. The summed E-state index contributed by atoms with van der Waals surface area (Å²) in [5.41, 5.74) is 0. The summed E-state index contributed by atoms with van der Waals surface area (Å²) in [5.74, 6) is 0.335. The number of piperidine rings is 1. The third-order valence-electron chi connectivity index (χ3n) is 6.01. The molecule has 0 spiro atoms. The number of nitrogens with zero attached hydrogens (tertiary/aromatic N) is 3. The molecule has 3 fully saturated rings. The molecule has 0 aliphatic carbocycles. The second-order valence-corrected chi connectivity index (χ2v) is 7.40. The van der Waals surface area contributed by atoms with E-state index in [0.29, 0.717) is 18.5 Å². The Morgan fingerprint density at radius 2 is 1.87 bits per heavy atom. The van der Waals surface area contributed by atoms with Crippen molar-refractivity contribution in [3.63, 3.8) is 0 Å². The van der Waals surface area contributed by atoms with Gasteiger partial charge >= 0.3 is 0 Å². The van der Waals surface area contributed by atoms with Gasteiger partial charge in [-0.05, 0) is 52.0 Å². The van der Waals surface area contributed by atoms with Crippen molar-refractivity contribution in [2.45, 2.75) is 76.9 Å². The summed E-state index contributed by atoms with van der Waals surface area (Å²) in [5, 5.41) is 0. The maximum absolute atomic E-state index is 12.9. The Labute approximate surface area is 140 Å². The van der Waals surface area contributed by atoms with E-state index < -0.39 is 0 Å². The first-order valence-corrected chi connectivity index (χ1v) is 9.45. The summed E-state index contributed by atoms with van der Waals surface area (Å²) in [6.07, 6.45) is 7.04. The van der Waals surface area contributed by atoms with Crippen LogP contribution in [0.2, 0.25) is 0 Å². The van der Waals surface area contributed by atoms with Crippen molar-refractivity contribution in [2.24, 2.45) is 0 Å². The van der Waals surface area contributed by atoms with Crippen LogP contribution in [-0.4, -0.2) is 70.8 Å². The van der Waals surface area contributed by atoms with Crippen molar-refractivity contribution in [1.29, 1.82) is 0 Å². The maximum Gasteiger partial charge on any atom is 0.245 e. The van der Waals surface area contributed by atoms with Crippen LogP contribution >= 0.6 is 0 Å². The van der Waals surface area contributed by atoms with E-state index in [0.717, 1.165) is 45.3 Å². The molecule has 5 nitrogen and oxygen atoms in total. The second-order valence-electron chi connectivity index (χ2n) is 7.40. The highest BCUT2D eigenvalue weighted by Crippen LogP contribution is 2.26. The van der Waals surface area contributed by atoms with Crippen LogP contribution in [0.5, 0.6) is 0 Å². The minimum atomic E-state index is -0.229. The molecule has 3 aliphatic rings. The monoisotopic (exact) mass is 321 g/mol. The molecule has 0 aromatic carbocycles. The van der Waals surface area contributed by atoms with Crippen molar-refractivity contribution < 1.29 is 9.59 Å².